The van der Waals surface area contributed by atoms with Crippen molar-refractivity contribution in [2.45, 2.75) is 38.8 Å². The van der Waals surface area contributed by atoms with Crippen LogP contribution in [0.2, 0.25) is 0 Å². The highest BCUT2D eigenvalue weighted by Gasteiger charge is 2.42. The van der Waals surface area contributed by atoms with E-state index in [1.165, 1.54) is 18.2 Å². The number of aryl methyl sites for hydroxylation is 1. The van der Waals surface area contributed by atoms with Gasteiger partial charge in [-0.1, -0.05) is 6.07 Å². The smallest absolute Gasteiger partial charge is 0.191 e. The molecule has 0 bridgehead atoms. The second-order valence-electron chi connectivity index (χ2n) is 5.79. The van der Waals surface area contributed by atoms with E-state index in [9.17, 15) is 8.78 Å². The Morgan fingerprint density at radius 1 is 1.36 bits per heavy atom. The lowest BCUT2D eigenvalue weighted by molar-refractivity contribution is 0.553. The zero-order valence-corrected chi connectivity index (χ0v) is 17.2. The molecule has 0 saturated heterocycles. The lowest BCUT2D eigenvalue weighted by Crippen LogP contribution is -2.39. The van der Waals surface area contributed by atoms with Gasteiger partial charge in [0.15, 0.2) is 5.96 Å². The fourth-order valence-corrected chi connectivity index (χ4v) is 3.37. The molecule has 1 aromatic carbocycles. The second-order valence-corrected chi connectivity index (χ2v) is 7.11. The quantitative estimate of drug-likeness (QED) is 0.389. The highest BCUT2D eigenvalue weighted by Crippen LogP contribution is 2.43. The summed E-state index contributed by atoms with van der Waals surface area (Å²) in [6.07, 6.45) is 2.52. The summed E-state index contributed by atoms with van der Waals surface area (Å²) in [6.45, 7) is 5.19. The van der Waals surface area contributed by atoms with E-state index in [-0.39, 0.29) is 41.5 Å². The average molecular weight is 478 g/mol. The minimum Gasteiger partial charge on any atom is -0.357 e. The van der Waals surface area contributed by atoms with E-state index in [0.29, 0.717) is 25.5 Å². The Morgan fingerprint density at radius 2 is 2.08 bits per heavy atom. The van der Waals surface area contributed by atoms with Gasteiger partial charge >= 0.3 is 0 Å². The van der Waals surface area contributed by atoms with E-state index in [1.807, 2.05) is 20.0 Å². The number of hydrogen-bond donors (Lipinski definition) is 2. The number of aromatic nitrogens is 1. The molecule has 0 amide bonds. The van der Waals surface area contributed by atoms with Crippen molar-refractivity contribution in [1.29, 1.82) is 0 Å². The van der Waals surface area contributed by atoms with Gasteiger partial charge in [0.25, 0.3) is 0 Å². The van der Waals surface area contributed by atoms with Gasteiger partial charge in [0.2, 0.25) is 0 Å². The molecule has 0 radical (unpaired) electrons. The van der Waals surface area contributed by atoms with Crippen molar-refractivity contribution >= 4 is 41.3 Å². The predicted octanol–water partition coefficient (Wildman–Crippen LogP) is 3.96. The average Bonchev–Trinajstić information content (AvgIpc) is 3.15. The summed E-state index contributed by atoms with van der Waals surface area (Å²) in [6, 6.07) is 3.99. The van der Waals surface area contributed by atoms with Crippen LogP contribution >= 0.6 is 35.3 Å². The summed E-state index contributed by atoms with van der Waals surface area (Å²) < 4.78 is 27.7. The monoisotopic (exact) mass is 478 g/mol. The molecule has 136 valence electrons. The maximum absolute atomic E-state index is 13.9. The van der Waals surface area contributed by atoms with Gasteiger partial charge in [-0.15, -0.1) is 35.3 Å². The topological polar surface area (TPSA) is 49.3 Å². The molecule has 2 unspecified atom stereocenters. The van der Waals surface area contributed by atoms with Crippen LogP contribution in [0.25, 0.3) is 0 Å². The first-order chi connectivity index (χ1) is 11.6. The van der Waals surface area contributed by atoms with Crippen LogP contribution in [0, 0.1) is 18.6 Å². The van der Waals surface area contributed by atoms with Crippen LogP contribution < -0.4 is 10.6 Å². The molecule has 1 aromatic heterocycles. The third kappa shape index (κ3) is 5.10. The maximum Gasteiger partial charge on any atom is 0.191 e. The molecule has 25 heavy (non-hydrogen) atoms. The van der Waals surface area contributed by atoms with Crippen LogP contribution in [-0.2, 0) is 6.54 Å². The molecule has 2 aromatic rings. The highest BCUT2D eigenvalue weighted by molar-refractivity contribution is 14.0. The Bertz CT molecular complexity index is 730. The standard InChI is InChI=1S/C17H20F2N4S.HI/c1-3-20-17(22-9-15-21-8-10(2)24-15)23-14-7-11(14)16-12(18)5-4-6-13(16)19;/h4-6,8,11,14H,3,7,9H2,1-2H3,(H2,20,22,23);1H. The van der Waals surface area contributed by atoms with Crippen LogP contribution in [0.3, 0.4) is 0 Å². The van der Waals surface area contributed by atoms with E-state index in [1.54, 1.807) is 11.3 Å². The third-order valence-corrected chi connectivity index (χ3v) is 4.77. The number of benzene rings is 1. The van der Waals surface area contributed by atoms with E-state index in [2.05, 4.69) is 20.6 Å². The molecule has 1 aliphatic carbocycles. The summed E-state index contributed by atoms with van der Waals surface area (Å²) in [5.74, 6) is -0.472. The number of nitrogens with one attached hydrogen (secondary N) is 2. The number of rotatable bonds is 5. The Hall–Kier alpha value is -1.29. The van der Waals surface area contributed by atoms with Gasteiger partial charge in [-0.25, -0.2) is 18.8 Å². The first kappa shape index (κ1) is 20.0. The molecule has 1 heterocycles. The van der Waals surface area contributed by atoms with Crippen LogP contribution in [-0.4, -0.2) is 23.5 Å². The van der Waals surface area contributed by atoms with Crippen LogP contribution in [0.5, 0.6) is 0 Å². The Morgan fingerprint density at radius 3 is 2.68 bits per heavy atom. The number of hydrogen-bond acceptors (Lipinski definition) is 3. The lowest BCUT2D eigenvalue weighted by Gasteiger charge is -2.11. The largest absolute Gasteiger partial charge is 0.357 e. The van der Waals surface area contributed by atoms with Gasteiger partial charge < -0.3 is 10.6 Å². The van der Waals surface area contributed by atoms with Crippen molar-refractivity contribution in [3.05, 3.63) is 51.5 Å². The van der Waals surface area contributed by atoms with Crippen LogP contribution in [0.1, 0.15) is 34.7 Å². The van der Waals surface area contributed by atoms with E-state index >= 15 is 0 Å². The van der Waals surface area contributed by atoms with Gasteiger partial charge in [-0.05, 0) is 32.4 Å². The van der Waals surface area contributed by atoms with E-state index in [0.717, 1.165) is 9.88 Å². The summed E-state index contributed by atoms with van der Waals surface area (Å²) in [4.78, 5) is 9.94. The van der Waals surface area contributed by atoms with E-state index in [4.69, 9.17) is 0 Å². The molecular formula is C17H21F2IN4S. The van der Waals surface area contributed by atoms with Gasteiger partial charge in [0.1, 0.15) is 16.6 Å². The first-order valence-corrected chi connectivity index (χ1v) is 8.80. The van der Waals surface area contributed by atoms with Crippen molar-refractivity contribution in [3.8, 4) is 0 Å². The van der Waals surface area contributed by atoms with Gasteiger partial charge in [-0.2, -0.15) is 0 Å². The molecule has 2 atom stereocenters. The molecule has 4 nitrogen and oxygen atoms in total. The number of thiazole rings is 1. The fourth-order valence-electron chi connectivity index (χ4n) is 2.66. The predicted molar refractivity (Wildman–Crippen MR) is 108 cm³/mol. The number of nitrogens with zero attached hydrogens (tertiary/aromatic N) is 2. The molecule has 0 aliphatic heterocycles. The van der Waals surface area contributed by atoms with Crippen molar-refractivity contribution in [2.24, 2.45) is 4.99 Å². The van der Waals surface area contributed by atoms with Crippen LogP contribution in [0.15, 0.2) is 29.4 Å². The van der Waals surface area contributed by atoms with Crippen molar-refractivity contribution in [1.82, 2.24) is 15.6 Å². The number of aliphatic imine (C=N–C) groups is 1. The molecular weight excluding hydrogens is 457 g/mol. The van der Waals surface area contributed by atoms with Crippen molar-refractivity contribution in [3.63, 3.8) is 0 Å². The maximum atomic E-state index is 13.9. The Kier molecular flexibility index (Phi) is 7.12. The minimum atomic E-state index is -0.482. The molecule has 1 saturated carbocycles. The summed E-state index contributed by atoms with van der Waals surface area (Å²) in [5, 5.41) is 7.36. The van der Waals surface area contributed by atoms with E-state index < -0.39 is 11.6 Å². The van der Waals surface area contributed by atoms with Gasteiger partial charge in [-0.3, -0.25) is 0 Å². The number of halogens is 3. The zero-order chi connectivity index (χ0) is 17.1. The van der Waals surface area contributed by atoms with Crippen molar-refractivity contribution in [2.75, 3.05) is 6.54 Å². The second kappa shape index (κ2) is 8.88. The summed E-state index contributed by atoms with van der Waals surface area (Å²) in [5.41, 5.74) is 0.168. The molecule has 1 aliphatic rings. The summed E-state index contributed by atoms with van der Waals surface area (Å²) in [7, 11) is 0. The Labute approximate surface area is 167 Å². The Balaban J connectivity index is 0.00000225. The van der Waals surface area contributed by atoms with Crippen LogP contribution in [0.4, 0.5) is 8.78 Å². The highest BCUT2D eigenvalue weighted by atomic mass is 127. The third-order valence-electron chi connectivity index (χ3n) is 3.87. The number of guanidine groups is 1. The fraction of sp³-hybridized carbons (Fsp3) is 0.412. The zero-order valence-electron chi connectivity index (χ0n) is 14.1. The van der Waals surface area contributed by atoms with Crippen molar-refractivity contribution < 1.29 is 8.78 Å². The first-order valence-electron chi connectivity index (χ1n) is 7.98. The minimum absolute atomic E-state index is 0. The SMILES string of the molecule is CCNC(=NCc1ncc(C)s1)NC1CC1c1c(F)cccc1F.I. The van der Waals surface area contributed by atoms with Gasteiger partial charge in [0.05, 0.1) is 6.54 Å². The molecule has 8 heteroatoms. The molecule has 0 spiro atoms. The lowest BCUT2D eigenvalue weighted by atomic mass is 10.1. The normalized spacial score (nSPS) is 19.3. The molecule has 1 fully saturated rings. The molecule has 3 rings (SSSR count). The molecule has 2 N–H and O–H groups in total. The summed E-state index contributed by atoms with van der Waals surface area (Å²) >= 11 is 1.61. The van der Waals surface area contributed by atoms with Gasteiger partial charge in [0, 0.05) is 35.1 Å².